The van der Waals surface area contributed by atoms with E-state index in [1.54, 1.807) is 22.9 Å². The maximum Gasteiger partial charge on any atom is 0.417 e. The van der Waals surface area contributed by atoms with Gasteiger partial charge in [-0.05, 0) is 23.3 Å². The molecule has 0 fully saturated rings. The average Bonchev–Trinajstić information content (AvgIpc) is 2.77. The molecule has 0 aliphatic rings. The molecule has 1 heterocycles. The molecule has 3 aromatic carbocycles. The molecule has 4 nitrogen and oxygen atoms in total. The van der Waals surface area contributed by atoms with Gasteiger partial charge in [0.05, 0.1) is 28.4 Å². The fourth-order valence-electron chi connectivity index (χ4n) is 3.28. The first kappa shape index (κ1) is 21.6. The molecular formula is C24H17ClF3N3O. The van der Waals surface area contributed by atoms with Crippen molar-refractivity contribution < 1.29 is 13.2 Å². The van der Waals surface area contributed by atoms with E-state index in [2.05, 4.69) is 10.3 Å². The Kier molecular flexibility index (Phi) is 6.01. The van der Waals surface area contributed by atoms with E-state index in [9.17, 15) is 18.0 Å². The van der Waals surface area contributed by atoms with Gasteiger partial charge in [0.25, 0.3) is 5.56 Å². The van der Waals surface area contributed by atoms with Gasteiger partial charge in [-0.25, -0.2) is 0 Å². The summed E-state index contributed by atoms with van der Waals surface area (Å²) in [5.41, 5.74) is 0.517. The molecule has 162 valence electrons. The molecule has 0 amide bonds. The number of alkyl halides is 3. The summed E-state index contributed by atoms with van der Waals surface area (Å²) in [6, 6.07) is 22.0. The molecule has 0 unspecified atom stereocenters. The minimum absolute atomic E-state index is 0.00247. The second-order valence-corrected chi connectivity index (χ2v) is 7.43. The van der Waals surface area contributed by atoms with E-state index < -0.39 is 22.3 Å². The second kappa shape index (κ2) is 8.88. The van der Waals surface area contributed by atoms with Crippen LogP contribution in [0.3, 0.4) is 0 Å². The summed E-state index contributed by atoms with van der Waals surface area (Å²) >= 11 is 6.03. The fraction of sp³-hybridized carbons (Fsp3) is 0.0833. The molecule has 0 saturated heterocycles. The van der Waals surface area contributed by atoms with Gasteiger partial charge in [0.2, 0.25) is 5.95 Å². The Hall–Kier alpha value is -3.58. The van der Waals surface area contributed by atoms with Crippen molar-refractivity contribution >= 4 is 23.2 Å². The molecule has 32 heavy (non-hydrogen) atoms. The summed E-state index contributed by atoms with van der Waals surface area (Å²) in [5, 5.41) is 2.32. The maximum atomic E-state index is 13.3. The number of hydrogen-bond acceptors (Lipinski definition) is 3. The molecule has 0 aliphatic heterocycles. The van der Waals surface area contributed by atoms with E-state index in [0.717, 1.165) is 11.6 Å². The van der Waals surface area contributed by atoms with Gasteiger partial charge in [-0.2, -0.15) is 18.2 Å². The summed E-state index contributed by atoms with van der Waals surface area (Å²) in [6.07, 6.45) is -2.97. The van der Waals surface area contributed by atoms with E-state index in [4.69, 9.17) is 11.6 Å². The topological polar surface area (TPSA) is 46.9 Å². The Bertz CT molecular complexity index is 1290. The van der Waals surface area contributed by atoms with Gasteiger partial charge in [0.15, 0.2) is 0 Å². The zero-order chi connectivity index (χ0) is 22.7. The molecule has 0 aliphatic carbocycles. The van der Waals surface area contributed by atoms with E-state index >= 15 is 0 Å². The Morgan fingerprint density at radius 3 is 2.22 bits per heavy atom. The molecule has 4 aromatic rings. The fourth-order valence-corrected chi connectivity index (χ4v) is 3.56. The smallest absolute Gasteiger partial charge is 0.324 e. The van der Waals surface area contributed by atoms with Crippen molar-refractivity contribution in [1.29, 1.82) is 0 Å². The number of anilines is 2. The third kappa shape index (κ3) is 4.68. The minimum atomic E-state index is -4.61. The van der Waals surface area contributed by atoms with E-state index in [1.807, 2.05) is 48.5 Å². The summed E-state index contributed by atoms with van der Waals surface area (Å²) < 4.78 is 41.4. The van der Waals surface area contributed by atoms with Gasteiger partial charge >= 0.3 is 6.18 Å². The summed E-state index contributed by atoms with van der Waals surface area (Å²) in [5.74, 6) is 0.0831. The highest BCUT2D eigenvalue weighted by Crippen LogP contribution is 2.38. The Labute approximate surface area is 186 Å². The van der Waals surface area contributed by atoms with E-state index in [0.29, 0.717) is 17.7 Å². The van der Waals surface area contributed by atoms with Crippen LogP contribution in [-0.2, 0) is 12.7 Å². The van der Waals surface area contributed by atoms with Gasteiger partial charge < -0.3 is 9.88 Å². The van der Waals surface area contributed by atoms with Crippen LogP contribution in [-0.4, -0.2) is 9.55 Å². The first-order chi connectivity index (χ1) is 15.3. The van der Waals surface area contributed by atoms with Gasteiger partial charge in [-0.1, -0.05) is 78.3 Å². The first-order valence-electron chi connectivity index (χ1n) is 9.66. The number of nitrogens with one attached hydrogen (secondary N) is 1. The van der Waals surface area contributed by atoms with Crippen molar-refractivity contribution in [2.24, 2.45) is 0 Å². The monoisotopic (exact) mass is 455 g/mol. The molecule has 4 rings (SSSR count). The normalized spacial score (nSPS) is 11.4. The number of aromatic nitrogens is 2. The largest absolute Gasteiger partial charge is 0.417 e. The average molecular weight is 456 g/mol. The van der Waals surface area contributed by atoms with Gasteiger partial charge in [0.1, 0.15) is 0 Å². The molecule has 0 atom stereocenters. The van der Waals surface area contributed by atoms with Crippen LogP contribution >= 0.6 is 11.6 Å². The third-order valence-corrected chi connectivity index (χ3v) is 5.23. The molecule has 0 bridgehead atoms. The van der Waals surface area contributed by atoms with Crippen molar-refractivity contribution in [3.63, 3.8) is 0 Å². The van der Waals surface area contributed by atoms with Crippen LogP contribution in [0.5, 0.6) is 0 Å². The Morgan fingerprint density at radius 1 is 0.906 bits per heavy atom. The second-order valence-electron chi connectivity index (χ2n) is 7.05. The van der Waals surface area contributed by atoms with Crippen LogP contribution in [0, 0.1) is 0 Å². The zero-order valence-electron chi connectivity index (χ0n) is 16.6. The minimum Gasteiger partial charge on any atom is -0.324 e. The lowest BCUT2D eigenvalue weighted by molar-refractivity contribution is -0.137. The quantitative estimate of drug-likeness (QED) is 0.380. The van der Waals surface area contributed by atoms with Crippen LogP contribution in [0.15, 0.2) is 89.9 Å². The lowest BCUT2D eigenvalue weighted by Crippen LogP contribution is -2.19. The lowest BCUT2D eigenvalue weighted by atomic mass is 10.1. The van der Waals surface area contributed by atoms with Crippen molar-refractivity contribution in [3.05, 3.63) is 112 Å². The van der Waals surface area contributed by atoms with Crippen LogP contribution in [0.1, 0.15) is 11.1 Å². The highest BCUT2D eigenvalue weighted by molar-refractivity contribution is 6.34. The van der Waals surface area contributed by atoms with Crippen LogP contribution in [0.4, 0.5) is 24.8 Å². The highest BCUT2D eigenvalue weighted by Gasteiger charge is 2.34. The molecular weight excluding hydrogens is 439 g/mol. The number of halogens is 4. The van der Waals surface area contributed by atoms with Gasteiger partial charge in [0, 0.05) is 6.20 Å². The van der Waals surface area contributed by atoms with Crippen molar-refractivity contribution in [1.82, 2.24) is 9.55 Å². The first-order valence-corrected chi connectivity index (χ1v) is 10.0. The Balaban J connectivity index is 1.81. The zero-order valence-corrected chi connectivity index (χ0v) is 17.4. The summed E-state index contributed by atoms with van der Waals surface area (Å²) in [7, 11) is 0. The summed E-state index contributed by atoms with van der Waals surface area (Å²) in [4.78, 5) is 16.9. The molecule has 0 radical (unpaired) electrons. The predicted octanol–water partition coefficient (Wildman–Crippen LogP) is 6.37. The van der Waals surface area contributed by atoms with Crippen molar-refractivity contribution in [2.75, 3.05) is 5.32 Å². The van der Waals surface area contributed by atoms with Crippen LogP contribution in [0.2, 0.25) is 5.02 Å². The third-order valence-electron chi connectivity index (χ3n) is 4.83. The van der Waals surface area contributed by atoms with Crippen molar-refractivity contribution in [2.45, 2.75) is 12.7 Å². The number of benzene rings is 3. The standard InChI is InChI=1S/C24H17ClF3N3O/c25-21-19(24(26,27)28)12-7-13-20(21)29-23-30-22(32)18(17-10-5-2-6-11-17)15-31(23)14-16-8-3-1-4-9-16/h1-13,15H,14H2,(H,29,30,32). The number of hydrogen-bond donors (Lipinski definition) is 1. The maximum absolute atomic E-state index is 13.3. The number of nitrogens with zero attached hydrogens (tertiary/aromatic N) is 2. The van der Waals surface area contributed by atoms with Crippen LogP contribution < -0.4 is 10.9 Å². The molecule has 1 N–H and O–H groups in total. The van der Waals surface area contributed by atoms with Gasteiger partial charge in [-0.15, -0.1) is 0 Å². The molecule has 0 spiro atoms. The Morgan fingerprint density at radius 2 is 1.56 bits per heavy atom. The van der Waals surface area contributed by atoms with Crippen molar-refractivity contribution in [3.8, 4) is 11.1 Å². The van der Waals surface area contributed by atoms with E-state index in [-0.39, 0.29) is 11.6 Å². The van der Waals surface area contributed by atoms with E-state index in [1.165, 1.54) is 12.1 Å². The predicted molar refractivity (Wildman–Crippen MR) is 119 cm³/mol. The SMILES string of the molecule is O=c1nc(Nc2cccc(C(F)(F)F)c2Cl)n(Cc2ccccc2)cc1-c1ccccc1. The molecule has 1 aromatic heterocycles. The molecule has 8 heteroatoms. The van der Waals surface area contributed by atoms with Crippen LogP contribution in [0.25, 0.3) is 11.1 Å². The molecule has 0 saturated carbocycles. The summed E-state index contributed by atoms with van der Waals surface area (Å²) in [6.45, 7) is 0.340. The lowest BCUT2D eigenvalue weighted by Gasteiger charge is -2.18. The van der Waals surface area contributed by atoms with Gasteiger partial charge in [-0.3, -0.25) is 4.79 Å². The highest BCUT2D eigenvalue weighted by atomic mass is 35.5. The number of rotatable bonds is 5.